The maximum Gasteiger partial charge on any atom is 0.256 e. The van der Waals surface area contributed by atoms with E-state index in [2.05, 4.69) is 27.1 Å². The summed E-state index contributed by atoms with van der Waals surface area (Å²) in [6, 6.07) is 10.7. The first-order valence-corrected chi connectivity index (χ1v) is 10.6. The molecule has 2 aromatic heterocycles. The number of benzene rings is 1. The molecule has 2 N–H and O–H groups in total. The quantitative estimate of drug-likeness (QED) is 0.591. The van der Waals surface area contributed by atoms with Crippen LogP contribution < -0.4 is 5.32 Å². The Balaban J connectivity index is 1.56. The van der Waals surface area contributed by atoms with Crippen LogP contribution in [0.4, 0.5) is 5.82 Å². The van der Waals surface area contributed by atoms with E-state index in [9.17, 15) is 9.90 Å². The topological polar surface area (TPSA) is 108 Å². The number of carbonyl (C=O) groups is 1. The second-order valence-electron chi connectivity index (χ2n) is 8.42. The molecule has 0 saturated carbocycles. The van der Waals surface area contributed by atoms with Crippen LogP contribution in [-0.4, -0.2) is 55.8 Å². The average Bonchev–Trinajstić information content (AvgIpc) is 3.42. The van der Waals surface area contributed by atoms with Crippen LogP contribution >= 0.6 is 0 Å². The predicted molar refractivity (Wildman–Crippen MR) is 119 cm³/mol. The van der Waals surface area contributed by atoms with Crippen molar-refractivity contribution in [1.82, 2.24) is 14.5 Å². The largest absolute Gasteiger partial charge is 0.394 e. The van der Waals surface area contributed by atoms with Crippen LogP contribution in [0.5, 0.6) is 0 Å². The maximum atomic E-state index is 12.7. The van der Waals surface area contributed by atoms with E-state index in [4.69, 9.17) is 14.2 Å². The molecule has 2 aliphatic rings. The first-order valence-electron chi connectivity index (χ1n) is 10.6. The summed E-state index contributed by atoms with van der Waals surface area (Å²) in [5.41, 5.74) is -0.0932. The molecule has 0 unspecified atom stereocenters. The number of nitrogens with zero attached hydrogens (tertiary/aromatic N) is 3. The average molecular weight is 448 g/mol. The number of amides is 1. The molecule has 5 rings (SSSR count). The van der Waals surface area contributed by atoms with Crippen LogP contribution in [0.1, 0.15) is 37.4 Å². The molecule has 2 fully saturated rings. The fraction of sp³-hybridized carbons (Fsp3) is 0.375. The highest BCUT2D eigenvalue weighted by atomic mass is 16.8. The molecule has 9 nitrogen and oxygen atoms in total. The summed E-state index contributed by atoms with van der Waals surface area (Å²) in [4.78, 5) is 21.4. The third kappa shape index (κ3) is 3.48. The smallest absolute Gasteiger partial charge is 0.256 e. The highest BCUT2D eigenvalue weighted by molar-refractivity contribution is 6.07. The van der Waals surface area contributed by atoms with E-state index in [1.807, 2.05) is 19.9 Å². The van der Waals surface area contributed by atoms with Crippen molar-refractivity contribution in [3.63, 3.8) is 0 Å². The van der Waals surface area contributed by atoms with Gasteiger partial charge in [0.25, 0.3) is 5.91 Å². The van der Waals surface area contributed by atoms with Gasteiger partial charge >= 0.3 is 0 Å². The van der Waals surface area contributed by atoms with Gasteiger partial charge in [0.05, 0.1) is 12.0 Å². The van der Waals surface area contributed by atoms with Gasteiger partial charge in [0, 0.05) is 11.8 Å². The first-order chi connectivity index (χ1) is 15.9. The molecule has 0 aliphatic carbocycles. The van der Waals surface area contributed by atoms with Gasteiger partial charge in [-0.25, -0.2) is 9.97 Å². The molecule has 1 amide bonds. The van der Waals surface area contributed by atoms with Crippen molar-refractivity contribution in [3.05, 3.63) is 54.5 Å². The molecule has 3 aromatic rings. The van der Waals surface area contributed by atoms with Crippen molar-refractivity contribution >= 4 is 22.8 Å². The summed E-state index contributed by atoms with van der Waals surface area (Å²) in [5, 5.41) is 13.4. The molecule has 4 atom stereocenters. The minimum atomic E-state index is -1.14. The molecule has 1 aromatic carbocycles. The van der Waals surface area contributed by atoms with E-state index in [1.165, 1.54) is 6.33 Å². The number of nitrogens with one attached hydrogen (secondary N) is 1. The van der Waals surface area contributed by atoms with E-state index < -0.39 is 29.8 Å². The molecule has 33 heavy (non-hydrogen) atoms. The highest BCUT2D eigenvalue weighted by Crippen LogP contribution is 2.51. The number of ether oxygens (including phenoxy) is 3. The number of anilines is 1. The van der Waals surface area contributed by atoms with Crippen molar-refractivity contribution in [3.8, 4) is 11.8 Å². The van der Waals surface area contributed by atoms with E-state index in [0.717, 1.165) is 0 Å². The molecule has 0 spiro atoms. The van der Waals surface area contributed by atoms with Gasteiger partial charge in [-0.1, -0.05) is 24.1 Å². The number of hydrogen-bond acceptors (Lipinski definition) is 7. The Bertz CT molecular complexity index is 1260. The second kappa shape index (κ2) is 7.93. The number of rotatable bonds is 4. The lowest BCUT2D eigenvalue weighted by Gasteiger charge is -2.29. The molecule has 0 bridgehead atoms. The summed E-state index contributed by atoms with van der Waals surface area (Å²) in [6.45, 7) is 5.09. The normalized spacial score (nSPS) is 27.7. The molecule has 170 valence electrons. The number of aliphatic hydroxyl groups excluding tert-OH is 1. The Labute approximate surface area is 190 Å². The fourth-order valence-electron chi connectivity index (χ4n) is 4.56. The summed E-state index contributed by atoms with van der Waals surface area (Å²) < 4.78 is 20.4. The second-order valence-corrected chi connectivity index (χ2v) is 8.42. The molecule has 9 heteroatoms. The van der Waals surface area contributed by atoms with Gasteiger partial charge in [0.15, 0.2) is 12.0 Å². The van der Waals surface area contributed by atoms with Gasteiger partial charge in [-0.05, 0) is 39.0 Å². The standard InChI is InChI=1S/C24H24N4O5/c1-4-11-24-18(32-23(2,3)33-24)17(13-29)31-22(24)28-12-10-16-19(25-14-26-20(16)28)27-21(30)15-8-6-5-7-9-15/h5-10,12,14,17-18,22,29H,13H2,1-3H3,(H,25,26,27,30)/t17-,18-,22-,24-/m1/s1. The summed E-state index contributed by atoms with van der Waals surface area (Å²) in [7, 11) is 0. The number of carbonyl (C=O) groups excluding carboxylic acids is 1. The third-order valence-corrected chi connectivity index (χ3v) is 5.79. The monoisotopic (exact) mass is 448 g/mol. The van der Waals surface area contributed by atoms with E-state index >= 15 is 0 Å². The molecule has 0 radical (unpaired) electrons. The van der Waals surface area contributed by atoms with Gasteiger partial charge < -0.3 is 29.2 Å². The van der Waals surface area contributed by atoms with Crippen LogP contribution in [-0.2, 0) is 14.2 Å². The Morgan fingerprint density at radius 3 is 2.76 bits per heavy atom. The number of fused-ring (bicyclic) bond motifs is 2. The van der Waals surface area contributed by atoms with Crippen molar-refractivity contribution in [2.24, 2.45) is 0 Å². The van der Waals surface area contributed by atoms with Crippen molar-refractivity contribution in [1.29, 1.82) is 0 Å². The SMILES string of the molecule is CC#C[C@@]12OC(C)(C)O[C@@H]1[C@@H](CO)O[C@H]2n1ccc2c(NC(=O)c3ccccc3)ncnc21. The Kier molecular flexibility index (Phi) is 5.18. The van der Waals surface area contributed by atoms with E-state index in [-0.39, 0.29) is 12.5 Å². The minimum Gasteiger partial charge on any atom is -0.394 e. The number of aromatic nitrogens is 3. The Morgan fingerprint density at radius 2 is 2.03 bits per heavy atom. The lowest BCUT2D eigenvalue weighted by Crippen LogP contribution is -2.44. The number of aliphatic hydroxyl groups is 1. The van der Waals surface area contributed by atoms with Crippen molar-refractivity contribution in [2.75, 3.05) is 11.9 Å². The molecule has 4 heterocycles. The van der Waals surface area contributed by atoms with Crippen LogP contribution in [0.15, 0.2) is 48.9 Å². The highest BCUT2D eigenvalue weighted by Gasteiger charge is 2.66. The zero-order valence-corrected chi connectivity index (χ0v) is 18.5. The lowest BCUT2D eigenvalue weighted by molar-refractivity contribution is -0.210. The lowest BCUT2D eigenvalue weighted by atomic mass is 9.94. The molecular formula is C24H24N4O5. The van der Waals surface area contributed by atoms with Crippen LogP contribution in [0.25, 0.3) is 11.0 Å². The predicted octanol–water partition coefficient (Wildman–Crippen LogP) is 2.49. The van der Waals surface area contributed by atoms with Gasteiger partial charge in [0.2, 0.25) is 5.60 Å². The molecule has 2 saturated heterocycles. The summed E-state index contributed by atoms with van der Waals surface area (Å²) in [6.07, 6.45) is 1.20. The van der Waals surface area contributed by atoms with Crippen molar-refractivity contribution in [2.45, 2.75) is 50.6 Å². The number of hydrogen-bond donors (Lipinski definition) is 2. The minimum absolute atomic E-state index is 0.250. The van der Waals surface area contributed by atoms with E-state index in [1.54, 1.807) is 48.0 Å². The summed E-state index contributed by atoms with van der Waals surface area (Å²) >= 11 is 0. The molecule has 2 aliphatic heterocycles. The zero-order chi connectivity index (χ0) is 23.2. The van der Waals surface area contributed by atoms with Crippen LogP contribution in [0, 0.1) is 11.8 Å². The third-order valence-electron chi connectivity index (χ3n) is 5.79. The fourth-order valence-corrected chi connectivity index (χ4v) is 4.56. The van der Waals surface area contributed by atoms with Crippen molar-refractivity contribution < 1.29 is 24.1 Å². The first kappa shape index (κ1) is 21.6. The zero-order valence-electron chi connectivity index (χ0n) is 18.5. The van der Waals surface area contributed by atoms with Crippen LogP contribution in [0.2, 0.25) is 0 Å². The van der Waals surface area contributed by atoms with Gasteiger partial charge in [-0.3, -0.25) is 4.79 Å². The van der Waals surface area contributed by atoms with Crippen LogP contribution in [0.3, 0.4) is 0 Å². The Morgan fingerprint density at radius 1 is 1.24 bits per heavy atom. The van der Waals surface area contributed by atoms with Gasteiger partial charge in [-0.2, -0.15) is 0 Å². The Hall–Kier alpha value is -3.29. The van der Waals surface area contributed by atoms with Gasteiger partial charge in [-0.15, -0.1) is 5.92 Å². The van der Waals surface area contributed by atoms with E-state index in [0.29, 0.717) is 22.4 Å². The maximum absolute atomic E-state index is 12.7. The summed E-state index contributed by atoms with van der Waals surface area (Å²) in [5.74, 6) is 5.27. The molecular weight excluding hydrogens is 424 g/mol. The van der Waals surface area contributed by atoms with Gasteiger partial charge in [0.1, 0.15) is 30.0 Å².